The summed E-state index contributed by atoms with van der Waals surface area (Å²) in [4.78, 5) is 11.9. The molecule has 0 amide bonds. The third-order valence-electron chi connectivity index (χ3n) is 2.99. The van der Waals surface area contributed by atoms with Crippen LogP contribution in [0.3, 0.4) is 0 Å². The van der Waals surface area contributed by atoms with Crippen molar-refractivity contribution in [3.05, 3.63) is 45.2 Å². The monoisotopic (exact) mass is 212 g/mol. The van der Waals surface area contributed by atoms with Gasteiger partial charge in [0.2, 0.25) is 5.43 Å². The molecule has 2 aromatic rings. The second-order valence-corrected chi connectivity index (χ2v) is 4.00. The van der Waals surface area contributed by atoms with Gasteiger partial charge < -0.3 is 4.57 Å². The molecule has 3 nitrogen and oxygen atoms in total. The van der Waals surface area contributed by atoms with E-state index in [4.69, 9.17) is 5.26 Å². The van der Waals surface area contributed by atoms with E-state index in [0.29, 0.717) is 5.39 Å². The third-order valence-corrected chi connectivity index (χ3v) is 2.99. The van der Waals surface area contributed by atoms with Crippen LogP contribution in [0.25, 0.3) is 10.9 Å². The Balaban J connectivity index is 3.09. The van der Waals surface area contributed by atoms with E-state index in [9.17, 15) is 4.79 Å². The van der Waals surface area contributed by atoms with E-state index in [2.05, 4.69) is 0 Å². The minimum atomic E-state index is -0.182. The Kier molecular flexibility index (Phi) is 2.28. The van der Waals surface area contributed by atoms with Gasteiger partial charge in [-0.2, -0.15) is 5.26 Å². The standard InChI is InChI=1S/C13H12N2O/c1-8-4-5-11-12(9(8)2)15(3)7-10(6-14)13(11)16/h4-5,7H,1-3H3. The lowest BCUT2D eigenvalue weighted by molar-refractivity contribution is 0.939. The number of nitrogens with zero attached hydrogens (tertiary/aromatic N) is 2. The smallest absolute Gasteiger partial charge is 0.207 e. The first-order valence-corrected chi connectivity index (χ1v) is 5.06. The Morgan fingerprint density at radius 3 is 2.62 bits per heavy atom. The quantitative estimate of drug-likeness (QED) is 0.670. The summed E-state index contributed by atoms with van der Waals surface area (Å²) in [5.74, 6) is 0. The Hall–Kier alpha value is -2.08. The number of hydrogen-bond donors (Lipinski definition) is 0. The summed E-state index contributed by atoms with van der Waals surface area (Å²) in [7, 11) is 1.86. The molecule has 0 spiro atoms. The average Bonchev–Trinajstić information content (AvgIpc) is 2.27. The minimum Gasteiger partial charge on any atom is -0.349 e. The molecule has 16 heavy (non-hydrogen) atoms. The molecular weight excluding hydrogens is 200 g/mol. The fraction of sp³-hybridized carbons (Fsp3) is 0.231. The lowest BCUT2D eigenvalue weighted by Gasteiger charge is -2.10. The van der Waals surface area contributed by atoms with Gasteiger partial charge in [-0.05, 0) is 31.0 Å². The Morgan fingerprint density at radius 1 is 1.31 bits per heavy atom. The molecule has 2 rings (SSSR count). The largest absolute Gasteiger partial charge is 0.349 e. The number of aromatic nitrogens is 1. The fourth-order valence-electron chi connectivity index (χ4n) is 1.98. The van der Waals surface area contributed by atoms with Crippen LogP contribution in [0.2, 0.25) is 0 Å². The highest BCUT2D eigenvalue weighted by molar-refractivity contribution is 5.84. The van der Waals surface area contributed by atoms with E-state index in [1.807, 2.05) is 37.6 Å². The van der Waals surface area contributed by atoms with E-state index in [1.165, 1.54) is 0 Å². The maximum atomic E-state index is 11.9. The molecule has 0 aliphatic carbocycles. The van der Waals surface area contributed by atoms with Crippen molar-refractivity contribution < 1.29 is 0 Å². The van der Waals surface area contributed by atoms with Crippen LogP contribution in [0.1, 0.15) is 16.7 Å². The van der Waals surface area contributed by atoms with Gasteiger partial charge in [-0.3, -0.25) is 4.79 Å². The molecule has 0 unspecified atom stereocenters. The van der Waals surface area contributed by atoms with Crippen LogP contribution in [0.5, 0.6) is 0 Å². The van der Waals surface area contributed by atoms with Crippen molar-refractivity contribution in [2.45, 2.75) is 13.8 Å². The molecule has 0 aliphatic heterocycles. The highest BCUT2D eigenvalue weighted by Gasteiger charge is 2.09. The second kappa shape index (κ2) is 3.49. The zero-order valence-corrected chi connectivity index (χ0v) is 9.53. The van der Waals surface area contributed by atoms with Gasteiger partial charge in [-0.25, -0.2) is 0 Å². The molecule has 0 radical (unpaired) electrons. The Bertz CT molecular complexity index is 675. The average molecular weight is 212 g/mol. The zero-order valence-electron chi connectivity index (χ0n) is 9.53. The zero-order chi connectivity index (χ0) is 11.9. The lowest BCUT2D eigenvalue weighted by Crippen LogP contribution is -2.12. The van der Waals surface area contributed by atoms with Crippen molar-refractivity contribution in [2.24, 2.45) is 7.05 Å². The minimum absolute atomic E-state index is 0.182. The summed E-state index contributed by atoms with van der Waals surface area (Å²) in [5, 5.41) is 9.48. The maximum Gasteiger partial charge on any atom is 0.207 e. The van der Waals surface area contributed by atoms with E-state index >= 15 is 0 Å². The molecule has 3 heteroatoms. The highest BCUT2D eigenvalue weighted by atomic mass is 16.1. The molecule has 0 saturated carbocycles. The predicted molar refractivity (Wildman–Crippen MR) is 63.4 cm³/mol. The summed E-state index contributed by atoms with van der Waals surface area (Å²) < 4.78 is 1.84. The molecule has 1 aromatic carbocycles. The van der Waals surface area contributed by atoms with Gasteiger partial charge in [0.05, 0.1) is 5.52 Å². The molecule has 0 fully saturated rings. The summed E-state index contributed by atoms with van der Waals surface area (Å²) >= 11 is 0. The van der Waals surface area contributed by atoms with Crippen molar-refractivity contribution in [2.75, 3.05) is 0 Å². The van der Waals surface area contributed by atoms with E-state index in [0.717, 1.165) is 16.6 Å². The first-order chi connectivity index (χ1) is 7.56. The number of rotatable bonds is 0. The molecule has 1 heterocycles. The Labute approximate surface area is 93.6 Å². The topological polar surface area (TPSA) is 45.8 Å². The van der Waals surface area contributed by atoms with Crippen molar-refractivity contribution in [1.29, 1.82) is 5.26 Å². The van der Waals surface area contributed by atoms with E-state index in [-0.39, 0.29) is 11.0 Å². The summed E-state index contributed by atoms with van der Waals surface area (Å²) in [6.45, 7) is 4.00. The van der Waals surface area contributed by atoms with Crippen molar-refractivity contribution in [3.63, 3.8) is 0 Å². The summed E-state index contributed by atoms with van der Waals surface area (Å²) in [6.07, 6.45) is 1.59. The molecule has 0 aliphatic rings. The SMILES string of the molecule is Cc1ccc2c(=O)c(C#N)cn(C)c2c1C. The van der Waals surface area contributed by atoms with Gasteiger partial charge in [0.15, 0.2) is 0 Å². The van der Waals surface area contributed by atoms with Gasteiger partial charge >= 0.3 is 0 Å². The van der Waals surface area contributed by atoms with Crippen molar-refractivity contribution in [1.82, 2.24) is 4.57 Å². The fourth-order valence-corrected chi connectivity index (χ4v) is 1.98. The van der Waals surface area contributed by atoms with Gasteiger partial charge in [-0.15, -0.1) is 0 Å². The summed E-state index contributed by atoms with van der Waals surface area (Å²) in [6, 6.07) is 5.64. The van der Waals surface area contributed by atoms with Gasteiger partial charge in [0.1, 0.15) is 11.6 Å². The number of benzene rings is 1. The van der Waals surface area contributed by atoms with Crippen LogP contribution in [0, 0.1) is 25.2 Å². The number of aryl methyl sites for hydroxylation is 3. The Morgan fingerprint density at radius 2 is 2.00 bits per heavy atom. The molecule has 0 atom stereocenters. The third kappa shape index (κ3) is 1.31. The van der Waals surface area contributed by atoms with Gasteiger partial charge in [-0.1, -0.05) is 6.07 Å². The maximum absolute atomic E-state index is 11.9. The number of pyridine rings is 1. The van der Waals surface area contributed by atoms with Crippen LogP contribution in [0.15, 0.2) is 23.1 Å². The van der Waals surface area contributed by atoms with Crippen LogP contribution in [-0.4, -0.2) is 4.57 Å². The lowest BCUT2D eigenvalue weighted by atomic mass is 10.0. The first-order valence-electron chi connectivity index (χ1n) is 5.06. The van der Waals surface area contributed by atoms with Gasteiger partial charge in [0, 0.05) is 18.6 Å². The van der Waals surface area contributed by atoms with Crippen LogP contribution in [0.4, 0.5) is 0 Å². The van der Waals surface area contributed by atoms with Crippen LogP contribution >= 0.6 is 0 Å². The summed E-state index contributed by atoms with van der Waals surface area (Å²) in [5.41, 5.74) is 3.15. The normalized spacial score (nSPS) is 10.4. The highest BCUT2D eigenvalue weighted by Crippen LogP contribution is 2.18. The molecular formula is C13H12N2O. The van der Waals surface area contributed by atoms with Crippen LogP contribution < -0.4 is 5.43 Å². The van der Waals surface area contributed by atoms with Crippen molar-refractivity contribution >= 4 is 10.9 Å². The molecule has 1 aromatic heterocycles. The van der Waals surface area contributed by atoms with Crippen LogP contribution in [-0.2, 0) is 7.05 Å². The first kappa shape index (κ1) is 10.4. The van der Waals surface area contributed by atoms with Gasteiger partial charge in [0.25, 0.3) is 0 Å². The molecule has 80 valence electrons. The second-order valence-electron chi connectivity index (χ2n) is 4.00. The number of nitriles is 1. The predicted octanol–water partition coefficient (Wildman–Crippen LogP) is 2.03. The molecule has 0 bridgehead atoms. The molecule has 0 N–H and O–H groups in total. The molecule has 0 saturated heterocycles. The van der Waals surface area contributed by atoms with E-state index < -0.39 is 0 Å². The number of fused-ring (bicyclic) bond motifs is 1. The van der Waals surface area contributed by atoms with Crippen molar-refractivity contribution in [3.8, 4) is 6.07 Å². The number of hydrogen-bond acceptors (Lipinski definition) is 2. The van der Waals surface area contributed by atoms with E-state index in [1.54, 1.807) is 12.3 Å².